The summed E-state index contributed by atoms with van der Waals surface area (Å²) in [5.41, 5.74) is 1.81. The third-order valence-electron chi connectivity index (χ3n) is 4.30. The predicted molar refractivity (Wildman–Crippen MR) is 86.5 cm³/mol. The van der Waals surface area contributed by atoms with Crippen LogP contribution in [-0.2, 0) is 11.3 Å². The van der Waals surface area contributed by atoms with Crippen LogP contribution in [0.1, 0.15) is 17.6 Å². The zero-order valence-electron chi connectivity index (χ0n) is 13.4. The Hall–Kier alpha value is -2.58. The minimum atomic E-state index is -0.621. The summed E-state index contributed by atoms with van der Waals surface area (Å²) >= 11 is 0. The summed E-state index contributed by atoms with van der Waals surface area (Å²) < 4.78 is 32.7. The Morgan fingerprint density at radius 3 is 3.00 bits per heavy atom. The summed E-state index contributed by atoms with van der Waals surface area (Å²) in [6.07, 6.45) is 5.00. The number of morpholine rings is 1. The molecule has 0 amide bonds. The molecule has 1 aliphatic heterocycles. The number of hydrogen-bond acceptors (Lipinski definition) is 4. The van der Waals surface area contributed by atoms with Crippen molar-refractivity contribution in [3.8, 4) is 11.3 Å². The van der Waals surface area contributed by atoms with Crippen LogP contribution in [0.4, 0.5) is 8.78 Å². The lowest BCUT2D eigenvalue weighted by Crippen LogP contribution is -2.39. The number of aromatic nitrogens is 4. The molecular formula is C17H17F2N5O. The smallest absolute Gasteiger partial charge is 0.135 e. The monoisotopic (exact) mass is 345 g/mol. The molecule has 2 aromatic heterocycles. The number of aromatic amines is 2. The molecule has 2 N–H and O–H groups in total. The van der Waals surface area contributed by atoms with Gasteiger partial charge in [-0.2, -0.15) is 0 Å². The van der Waals surface area contributed by atoms with Gasteiger partial charge in [0.1, 0.15) is 17.5 Å². The Kier molecular flexibility index (Phi) is 4.29. The van der Waals surface area contributed by atoms with Gasteiger partial charge in [-0.15, -0.1) is 0 Å². The lowest BCUT2D eigenvalue weighted by atomic mass is 10.1. The van der Waals surface area contributed by atoms with Gasteiger partial charge in [0.25, 0.3) is 0 Å². The fraction of sp³-hybridized carbons (Fsp3) is 0.294. The van der Waals surface area contributed by atoms with Crippen LogP contribution in [0.3, 0.4) is 0 Å². The van der Waals surface area contributed by atoms with Gasteiger partial charge >= 0.3 is 0 Å². The molecule has 1 atom stereocenters. The minimum absolute atomic E-state index is 0.0747. The Balaban J connectivity index is 1.59. The third-order valence-corrected chi connectivity index (χ3v) is 4.30. The van der Waals surface area contributed by atoms with Crippen LogP contribution in [0.5, 0.6) is 0 Å². The Labute approximate surface area is 142 Å². The molecule has 8 heteroatoms. The Bertz CT molecular complexity index is 849. The first-order valence-corrected chi connectivity index (χ1v) is 8.00. The van der Waals surface area contributed by atoms with Crippen LogP contribution in [0, 0.1) is 11.6 Å². The second kappa shape index (κ2) is 6.73. The number of H-pyrrole nitrogens is 2. The summed E-state index contributed by atoms with van der Waals surface area (Å²) in [7, 11) is 0. The molecule has 130 valence electrons. The summed E-state index contributed by atoms with van der Waals surface area (Å²) in [5, 5.41) is 0. The van der Waals surface area contributed by atoms with Gasteiger partial charge < -0.3 is 14.7 Å². The fourth-order valence-electron chi connectivity index (χ4n) is 3.02. The highest BCUT2D eigenvalue weighted by molar-refractivity contribution is 5.59. The number of benzene rings is 1. The van der Waals surface area contributed by atoms with E-state index in [0.29, 0.717) is 31.3 Å². The Morgan fingerprint density at radius 2 is 2.20 bits per heavy atom. The Morgan fingerprint density at radius 1 is 1.28 bits per heavy atom. The molecule has 0 bridgehead atoms. The fourth-order valence-corrected chi connectivity index (χ4v) is 3.02. The van der Waals surface area contributed by atoms with E-state index in [2.05, 4.69) is 24.8 Å². The second-order valence-electron chi connectivity index (χ2n) is 5.94. The maximum atomic E-state index is 14.0. The lowest BCUT2D eigenvalue weighted by molar-refractivity contribution is -0.0161. The zero-order valence-corrected chi connectivity index (χ0v) is 13.4. The lowest BCUT2D eigenvalue weighted by Gasteiger charge is -2.33. The van der Waals surface area contributed by atoms with Crippen molar-refractivity contribution in [3.05, 3.63) is 60.1 Å². The number of hydrogen-bond donors (Lipinski definition) is 2. The van der Waals surface area contributed by atoms with Gasteiger partial charge in [-0.05, 0) is 12.1 Å². The van der Waals surface area contributed by atoms with E-state index in [-0.39, 0.29) is 11.6 Å². The van der Waals surface area contributed by atoms with Crippen LogP contribution in [-0.4, -0.2) is 44.6 Å². The van der Waals surface area contributed by atoms with E-state index in [1.165, 1.54) is 12.1 Å². The van der Waals surface area contributed by atoms with Crippen molar-refractivity contribution in [2.24, 2.45) is 0 Å². The van der Waals surface area contributed by atoms with Crippen LogP contribution in [0.25, 0.3) is 11.3 Å². The molecule has 1 aromatic carbocycles. The first-order chi connectivity index (χ1) is 12.2. The molecule has 25 heavy (non-hydrogen) atoms. The second-order valence-corrected chi connectivity index (χ2v) is 5.94. The standard InChI is InChI=1S/C17H17F2N5O/c18-11-1-2-13(14(19)5-11)15-7-21-17(23-15)16-9-25-4-3-24(16)8-12-6-20-10-22-12/h1-2,5-7,10,16H,3-4,8-9H2,(H,20,22)(H,21,23)/t16-/m0/s1. The van der Waals surface area contributed by atoms with Gasteiger partial charge in [-0.1, -0.05) is 0 Å². The first-order valence-electron chi connectivity index (χ1n) is 8.00. The van der Waals surface area contributed by atoms with Gasteiger partial charge in [-0.3, -0.25) is 4.90 Å². The topological polar surface area (TPSA) is 69.8 Å². The average Bonchev–Trinajstić information content (AvgIpc) is 3.27. The molecule has 0 aliphatic carbocycles. The minimum Gasteiger partial charge on any atom is -0.378 e. The van der Waals surface area contributed by atoms with E-state index in [1.807, 2.05) is 0 Å². The summed E-state index contributed by atoms with van der Waals surface area (Å²) in [6.45, 7) is 2.58. The van der Waals surface area contributed by atoms with E-state index < -0.39 is 11.6 Å². The maximum Gasteiger partial charge on any atom is 0.135 e. The average molecular weight is 345 g/mol. The summed E-state index contributed by atoms with van der Waals surface area (Å²) in [6, 6.07) is 3.42. The first kappa shape index (κ1) is 15.9. The largest absolute Gasteiger partial charge is 0.378 e. The van der Waals surface area contributed by atoms with Gasteiger partial charge in [0, 0.05) is 36.6 Å². The molecular weight excluding hydrogens is 328 g/mol. The SMILES string of the molecule is Fc1ccc(-c2cnc([C@@H]3COCCN3Cc3cnc[nH]3)[nH]2)c(F)c1. The van der Waals surface area contributed by atoms with Crippen LogP contribution in [0.15, 0.2) is 36.9 Å². The number of ether oxygens (including phenoxy) is 1. The van der Waals surface area contributed by atoms with E-state index in [4.69, 9.17) is 4.74 Å². The normalized spacial score (nSPS) is 18.6. The zero-order chi connectivity index (χ0) is 17.2. The van der Waals surface area contributed by atoms with E-state index in [9.17, 15) is 8.78 Å². The predicted octanol–water partition coefficient (Wildman–Crippen LogP) is 2.65. The van der Waals surface area contributed by atoms with Gasteiger partial charge in [0.05, 0.1) is 37.5 Å². The third kappa shape index (κ3) is 3.31. The van der Waals surface area contributed by atoms with Crippen molar-refractivity contribution < 1.29 is 13.5 Å². The molecule has 1 aliphatic rings. The molecule has 0 radical (unpaired) electrons. The highest BCUT2D eigenvalue weighted by Gasteiger charge is 2.27. The highest BCUT2D eigenvalue weighted by Crippen LogP contribution is 2.27. The molecule has 3 aromatic rings. The van der Waals surface area contributed by atoms with Gasteiger partial charge in [0.15, 0.2) is 0 Å². The van der Waals surface area contributed by atoms with Crippen molar-refractivity contribution in [1.82, 2.24) is 24.8 Å². The van der Waals surface area contributed by atoms with Crippen molar-refractivity contribution in [2.45, 2.75) is 12.6 Å². The van der Waals surface area contributed by atoms with Crippen molar-refractivity contribution in [3.63, 3.8) is 0 Å². The van der Waals surface area contributed by atoms with Crippen molar-refractivity contribution in [2.75, 3.05) is 19.8 Å². The van der Waals surface area contributed by atoms with Gasteiger partial charge in [-0.25, -0.2) is 18.7 Å². The molecule has 3 heterocycles. The molecule has 6 nitrogen and oxygen atoms in total. The van der Waals surface area contributed by atoms with Crippen molar-refractivity contribution >= 4 is 0 Å². The highest BCUT2D eigenvalue weighted by atomic mass is 19.1. The molecule has 0 unspecified atom stereocenters. The van der Waals surface area contributed by atoms with Crippen LogP contribution >= 0.6 is 0 Å². The van der Waals surface area contributed by atoms with Crippen LogP contribution < -0.4 is 0 Å². The quantitative estimate of drug-likeness (QED) is 0.763. The number of halogens is 2. The van der Waals surface area contributed by atoms with Crippen LogP contribution in [0.2, 0.25) is 0 Å². The maximum absolute atomic E-state index is 14.0. The molecule has 1 fully saturated rings. The summed E-state index contributed by atoms with van der Waals surface area (Å²) in [5.74, 6) is -0.533. The molecule has 1 saturated heterocycles. The van der Waals surface area contributed by atoms with E-state index in [1.54, 1.807) is 18.7 Å². The molecule has 0 saturated carbocycles. The number of rotatable bonds is 4. The van der Waals surface area contributed by atoms with Gasteiger partial charge in [0.2, 0.25) is 0 Å². The number of nitrogens with zero attached hydrogens (tertiary/aromatic N) is 3. The molecule has 4 rings (SSSR count). The molecule has 0 spiro atoms. The van der Waals surface area contributed by atoms with E-state index in [0.717, 1.165) is 18.3 Å². The summed E-state index contributed by atoms with van der Waals surface area (Å²) in [4.78, 5) is 16.9. The van der Waals surface area contributed by atoms with E-state index >= 15 is 0 Å². The van der Waals surface area contributed by atoms with Crippen molar-refractivity contribution in [1.29, 1.82) is 0 Å². The number of nitrogens with one attached hydrogen (secondary N) is 2. The number of imidazole rings is 2.